The third-order valence-corrected chi connectivity index (χ3v) is 2.34. The maximum absolute atomic E-state index is 9.50. The summed E-state index contributed by atoms with van der Waals surface area (Å²) in [4.78, 5) is 0. The lowest BCUT2D eigenvalue weighted by molar-refractivity contribution is -0.0715. The van der Waals surface area contributed by atoms with Gasteiger partial charge in [-0.3, -0.25) is 0 Å². The van der Waals surface area contributed by atoms with Crippen molar-refractivity contribution in [1.29, 1.82) is 0 Å². The van der Waals surface area contributed by atoms with E-state index < -0.39 is 24.9 Å². The summed E-state index contributed by atoms with van der Waals surface area (Å²) in [6.07, 6.45) is -4.03. The summed E-state index contributed by atoms with van der Waals surface area (Å²) < 4.78 is 0. The summed E-state index contributed by atoms with van der Waals surface area (Å²) >= 11 is 0. The molecule has 0 spiro atoms. The first-order valence-electron chi connectivity index (χ1n) is 5.22. The molecule has 0 radical (unpaired) electrons. The van der Waals surface area contributed by atoms with Gasteiger partial charge in [0, 0.05) is 18.3 Å². The normalized spacial score (nSPS) is 16.2. The summed E-state index contributed by atoms with van der Waals surface area (Å²) in [7, 11) is 0. The van der Waals surface area contributed by atoms with E-state index in [1.165, 1.54) is 12.1 Å². The van der Waals surface area contributed by atoms with Crippen molar-refractivity contribution in [2.45, 2.75) is 18.3 Å². The smallest absolute Gasteiger partial charge is 0.117 e. The zero-order valence-electron chi connectivity index (χ0n) is 9.19. The van der Waals surface area contributed by atoms with Crippen LogP contribution in [0.25, 0.3) is 0 Å². The van der Waals surface area contributed by atoms with Crippen molar-refractivity contribution in [2.75, 3.05) is 18.5 Å². The van der Waals surface area contributed by atoms with E-state index in [2.05, 4.69) is 5.32 Å². The minimum absolute atomic E-state index is 0.0122. The molecule has 0 aliphatic rings. The predicted octanol–water partition coefficient (Wildman–Crippen LogP) is -1.12. The van der Waals surface area contributed by atoms with Crippen molar-refractivity contribution in [1.82, 2.24) is 0 Å². The Bertz CT molecular complexity index is 346. The Kier molecular flexibility index (Phi) is 5.17. The molecule has 1 aromatic rings. The van der Waals surface area contributed by atoms with Crippen LogP contribution in [0.2, 0.25) is 0 Å². The molecule has 6 N–H and O–H groups in total. The quantitative estimate of drug-likeness (QED) is 0.377. The lowest BCUT2D eigenvalue weighted by Gasteiger charge is -2.22. The van der Waals surface area contributed by atoms with Gasteiger partial charge < -0.3 is 30.8 Å². The largest absolute Gasteiger partial charge is 0.508 e. The number of aliphatic hydroxyl groups is 4. The van der Waals surface area contributed by atoms with Gasteiger partial charge in [0.1, 0.15) is 18.0 Å². The van der Waals surface area contributed by atoms with Crippen molar-refractivity contribution in [2.24, 2.45) is 0 Å². The molecule has 0 fully saturated rings. The Morgan fingerprint density at radius 3 is 2.41 bits per heavy atom. The van der Waals surface area contributed by atoms with Crippen LogP contribution < -0.4 is 5.32 Å². The first kappa shape index (κ1) is 13.7. The number of phenols is 1. The zero-order valence-corrected chi connectivity index (χ0v) is 9.19. The van der Waals surface area contributed by atoms with Crippen molar-refractivity contribution in [3.05, 3.63) is 24.3 Å². The molecule has 0 aliphatic heterocycles. The summed E-state index contributed by atoms with van der Waals surface area (Å²) in [6.45, 7) is -0.633. The first-order valence-corrected chi connectivity index (χ1v) is 5.22. The van der Waals surface area contributed by atoms with Crippen LogP contribution in [0.5, 0.6) is 5.75 Å². The SMILES string of the molecule is OC[C@@H](O)[C@@H](O)[C@@H](O)CNc1cccc(O)c1. The number of phenolic OH excluding ortho intramolecular Hbond substituents is 1. The molecule has 6 heteroatoms. The topological polar surface area (TPSA) is 113 Å². The molecule has 6 nitrogen and oxygen atoms in total. The first-order chi connectivity index (χ1) is 8.04. The Hall–Kier alpha value is -1.34. The highest BCUT2D eigenvalue weighted by atomic mass is 16.4. The molecule has 1 aromatic carbocycles. The Balaban J connectivity index is 2.45. The van der Waals surface area contributed by atoms with E-state index in [9.17, 15) is 15.3 Å². The van der Waals surface area contributed by atoms with Gasteiger partial charge in [-0.15, -0.1) is 0 Å². The van der Waals surface area contributed by atoms with Crippen molar-refractivity contribution >= 4 is 5.69 Å². The third-order valence-electron chi connectivity index (χ3n) is 2.34. The van der Waals surface area contributed by atoms with E-state index in [-0.39, 0.29) is 12.3 Å². The standard InChI is InChI=1S/C11H17NO5/c13-6-10(16)11(17)9(15)5-12-7-2-1-3-8(14)4-7/h1-4,9-17H,5-6H2/t9-,10+,11-/m0/s1. The average Bonchev–Trinajstić information content (AvgIpc) is 2.34. The highest BCUT2D eigenvalue weighted by Gasteiger charge is 2.23. The van der Waals surface area contributed by atoms with Crippen LogP contribution >= 0.6 is 0 Å². The van der Waals surface area contributed by atoms with Crippen molar-refractivity contribution in [3.63, 3.8) is 0 Å². The maximum Gasteiger partial charge on any atom is 0.117 e. The molecule has 0 heterocycles. The fourth-order valence-corrected chi connectivity index (χ4v) is 1.32. The third kappa shape index (κ3) is 4.20. The minimum Gasteiger partial charge on any atom is -0.508 e. The van der Waals surface area contributed by atoms with E-state index in [4.69, 9.17) is 10.2 Å². The van der Waals surface area contributed by atoms with Crippen LogP contribution in [0.3, 0.4) is 0 Å². The molecular formula is C11H17NO5. The van der Waals surface area contributed by atoms with Gasteiger partial charge in [-0.1, -0.05) is 6.07 Å². The van der Waals surface area contributed by atoms with Gasteiger partial charge in [-0.2, -0.15) is 0 Å². The van der Waals surface area contributed by atoms with E-state index in [0.717, 1.165) is 0 Å². The number of benzene rings is 1. The second-order valence-electron chi connectivity index (χ2n) is 3.74. The molecule has 0 saturated heterocycles. The van der Waals surface area contributed by atoms with Gasteiger partial charge in [0.2, 0.25) is 0 Å². The van der Waals surface area contributed by atoms with E-state index in [1.54, 1.807) is 12.1 Å². The average molecular weight is 243 g/mol. The van der Waals surface area contributed by atoms with Crippen LogP contribution in [-0.4, -0.2) is 57.0 Å². The number of aliphatic hydroxyl groups excluding tert-OH is 4. The molecule has 96 valence electrons. The summed E-state index contributed by atoms with van der Waals surface area (Å²) in [5.41, 5.74) is 0.578. The van der Waals surface area contributed by atoms with E-state index >= 15 is 0 Å². The second kappa shape index (κ2) is 6.41. The molecule has 0 aliphatic carbocycles. The molecule has 0 unspecified atom stereocenters. The van der Waals surface area contributed by atoms with Gasteiger partial charge in [0.05, 0.1) is 12.7 Å². The maximum atomic E-state index is 9.50. The van der Waals surface area contributed by atoms with Crippen molar-refractivity contribution in [3.8, 4) is 5.75 Å². The van der Waals surface area contributed by atoms with Crippen LogP contribution in [0.15, 0.2) is 24.3 Å². The Morgan fingerprint density at radius 1 is 1.12 bits per heavy atom. The van der Waals surface area contributed by atoms with Gasteiger partial charge in [0.15, 0.2) is 0 Å². The number of aromatic hydroxyl groups is 1. The Morgan fingerprint density at radius 2 is 1.82 bits per heavy atom. The van der Waals surface area contributed by atoms with Crippen LogP contribution in [0.4, 0.5) is 5.69 Å². The fraction of sp³-hybridized carbons (Fsp3) is 0.455. The highest BCUT2D eigenvalue weighted by Crippen LogP contribution is 2.15. The summed E-state index contributed by atoms with van der Waals surface area (Å²) in [5, 5.41) is 48.6. The number of hydrogen-bond acceptors (Lipinski definition) is 6. The van der Waals surface area contributed by atoms with Crippen molar-refractivity contribution < 1.29 is 25.5 Å². The number of hydrogen-bond donors (Lipinski definition) is 6. The molecule has 0 bridgehead atoms. The Labute approximate surface area is 98.8 Å². The minimum atomic E-state index is -1.43. The number of anilines is 1. The van der Waals surface area contributed by atoms with Gasteiger partial charge in [0.25, 0.3) is 0 Å². The monoisotopic (exact) mass is 243 g/mol. The lowest BCUT2D eigenvalue weighted by atomic mass is 10.1. The number of rotatable bonds is 6. The van der Waals surface area contributed by atoms with Crippen LogP contribution in [-0.2, 0) is 0 Å². The molecule has 0 aromatic heterocycles. The molecule has 3 atom stereocenters. The highest BCUT2D eigenvalue weighted by molar-refractivity contribution is 5.47. The number of nitrogens with one attached hydrogen (secondary N) is 1. The summed E-state index contributed by atoms with van der Waals surface area (Å²) in [6, 6.07) is 6.28. The van der Waals surface area contributed by atoms with E-state index in [0.29, 0.717) is 5.69 Å². The zero-order chi connectivity index (χ0) is 12.8. The second-order valence-corrected chi connectivity index (χ2v) is 3.74. The molecule has 0 saturated carbocycles. The molecule has 17 heavy (non-hydrogen) atoms. The van der Waals surface area contributed by atoms with Crippen LogP contribution in [0.1, 0.15) is 0 Å². The van der Waals surface area contributed by atoms with Gasteiger partial charge >= 0.3 is 0 Å². The molecule has 1 rings (SSSR count). The predicted molar refractivity (Wildman–Crippen MR) is 61.7 cm³/mol. The van der Waals surface area contributed by atoms with Crippen LogP contribution in [0, 0.1) is 0 Å². The molecule has 0 amide bonds. The van der Waals surface area contributed by atoms with E-state index in [1.807, 2.05) is 0 Å². The molecular weight excluding hydrogens is 226 g/mol. The van der Waals surface area contributed by atoms with Gasteiger partial charge in [-0.05, 0) is 12.1 Å². The van der Waals surface area contributed by atoms with Gasteiger partial charge in [-0.25, -0.2) is 0 Å². The summed E-state index contributed by atoms with van der Waals surface area (Å²) in [5.74, 6) is 0.0837. The lowest BCUT2D eigenvalue weighted by Crippen LogP contribution is -2.42. The fourth-order valence-electron chi connectivity index (χ4n) is 1.32.